The van der Waals surface area contributed by atoms with Gasteiger partial charge in [0, 0.05) is 5.02 Å². The van der Waals surface area contributed by atoms with Gasteiger partial charge in [-0.2, -0.15) is 0 Å². The van der Waals surface area contributed by atoms with Crippen LogP contribution in [0.4, 0.5) is 0 Å². The summed E-state index contributed by atoms with van der Waals surface area (Å²) < 4.78 is 0. The third kappa shape index (κ3) is 2.23. The second-order valence-electron chi connectivity index (χ2n) is 4.72. The van der Waals surface area contributed by atoms with Crippen LogP contribution in [0.25, 0.3) is 11.0 Å². The van der Waals surface area contributed by atoms with Crippen molar-refractivity contribution >= 4 is 34.2 Å². The molecule has 20 heavy (non-hydrogen) atoms. The highest BCUT2D eigenvalue weighted by atomic mass is 35.5. The van der Waals surface area contributed by atoms with Crippen LogP contribution in [0.1, 0.15) is 22.1 Å². The highest BCUT2D eigenvalue weighted by molar-refractivity contribution is 6.33. The van der Waals surface area contributed by atoms with E-state index in [0.29, 0.717) is 5.02 Å². The number of halogens is 2. The summed E-state index contributed by atoms with van der Waals surface area (Å²) in [5, 5.41) is 0.320. The lowest BCUT2D eigenvalue weighted by molar-refractivity contribution is 1.14. The molecule has 1 atom stereocenters. The third-order valence-electron chi connectivity index (χ3n) is 3.33. The fourth-order valence-electron chi connectivity index (χ4n) is 2.25. The zero-order chi connectivity index (χ0) is 14.3. The van der Waals surface area contributed by atoms with Gasteiger partial charge in [0.2, 0.25) is 0 Å². The van der Waals surface area contributed by atoms with E-state index in [1.807, 2.05) is 43.3 Å². The van der Waals surface area contributed by atoms with Crippen molar-refractivity contribution in [2.75, 3.05) is 0 Å². The molecule has 1 aromatic heterocycles. The summed E-state index contributed by atoms with van der Waals surface area (Å²) in [6.45, 7) is 1.95. The molecule has 1 heterocycles. The Labute approximate surface area is 125 Å². The lowest BCUT2D eigenvalue weighted by atomic mass is 10.0. The third-order valence-corrected chi connectivity index (χ3v) is 4.33. The van der Waals surface area contributed by atoms with Crippen LogP contribution in [-0.2, 0) is 0 Å². The van der Waals surface area contributed by atoms with Gasteiger partial charge in [0.15, 0.2) is 0 Å². The van der Waals surface area contributed by atoms with Crippen molar-refractivity contribution in [3.63, 3.8) is 0 Å². The molecule has 0 saturated carbocycles. The molecule has 0 aliphatic carbocycles. The average Bonchev–Trinajstić information content (AvgIpc) is 2.80. The molecular weight excluding hydrogens is 295 g/mol. The van der Waals surface area contributed by atoms with E-state index >= 15 is 0 Å². The van der Waals surface area contributed by atoms with Crippen LogP contribution in [0.2, 0.25) is 5.02 Å². The Morgan fingerprint density at radius 1 is 1.10 bits per heavy atom. The fourth-order valence-corrected chi connectivity index (χ4v) is 2.86. The van der Waals surface area contributed by atoms with E-state index in [9.17, 15) is 4.79 Å². The predicted molar refractivity (Wildman–Crippen MR) is 82.8 cm³/mol. The first-order valence-corrected chi connectivity index (χ1v) is 6.99. The molecule has 102 valence electrons. The molecule has 0 radical (unpaired) electrons. The molecule has 0 spiro atoms. The monoisotopic (exact) mass is 306 g/mol. The number of aryl methyl sites for hydroxylation is 1. The molecule has 3 rings (SSSR count). The van der Waals surface area contributed by atoms with Gasteiger partial charge in [-0.05, 0) is 35.7 Å². The van der Waals surface area contributed by atoms with E-state index < -0.39 is 0 Å². The second kappa shape index (κ2) is 5.00. The van der Waals surface area contributed by atoms with Crippen molar-refractivity contribution in [2.45, 2.75) is 12.3 Å². The SMILES string of the molecule is Cc1cccc(C(Cl)c2ccc3[nH]c(=O)[nH]c3c2)c1Cl. The predicted octanol–water partition coefficient (Wildman–Crippen LogP) is 4.15. The summed E-state index contributed by atoms with van der Waals surface area (Å²) in [6, 6.07) is 11.4. The normalized spacial score (nSPS) is 12.8. The van der Waals surface area contributed by atoms with E-state index in [1.165, 1.54) is 0 Å². The fraction of sp³-hybridized carbons (Fsp3) is 0.133. The Balaban J connectivity index is 2.09. The Bertz CT molecular complexity index is 835. The van der Waals surface area contributed by atoms with Crippen LogP contribution >= 0.6 is 23.2 Å². The number of nitrogens with one attached hydrogen (secondary N) is 2. The van der Waals surface area contributed by atoms with Crippen molar-refractivity contribution < 1.29 is 0 Å². The number of fused-ring (bicyclic) bond motifs is 1. The van der Waals surface area contributed by atoms with E-state index in [2.05, 4.69) is 9.97 Å². The zero-order valence-electron chi connectivity index (χ0n) is 10.7. The maximum absolute atomic E-state index is 11.3. The van der Waals surface area contributed by atoms with Crippen LogP contribution in [0.3, 0.4) is 0 Å². The summed E-state index contributed by atoms with van der Waals surface area (Å²) in [7, 11) is 0. The topological polar surface area (TPSA) is 48.6 Å². The average molecular weight is 307 g/mol. The highest BCUT2D eigenvalue weighted by Gasteiger charge is 2.16. The first kappa shape index (κ1) is 13.3. The molecule has 2 aromatic carbocycles. The minimum absolute atomic E-state index is 0.225. The van der Waals surface area contributed by atoms with Crippen molar-refractivity contribution in [1.29, 1.82) is 0 Å². The number of H-pyrrole nitrogens is 2. The Morgan fingerprint density at radius 2 is 1.85 bits per heavy atom. The molecule has 5 heteroatoms. The second-order valence-corrected chi connectivity index (χ2v) is 5.54. The molecule has 3 aromatic rings. The molecule has 0 saturated heterocycles. The minimum atomic E-state index is -0.356. The summed E-state index contributed by atoms with van der Waals surface area (Å²) in [5.74, 6) is 0. The zero-order valence-corrected chi connectivity index (χ0v) is 12.2. The highest BCUT2D eigenvalue weighted by Crippen LogP contribution is 2.35. The van der Waals surface area contributed by atoms with Gasteiger partial charge in [-0.15, -0.1) is 11.6 Å². The van der Waals surface area contributed by atoms with Gasteiger partial charge in [0.1, 0.15) is 0 Å². The minimum Gasteiger partial charge on any atom is -0.306 e. The number of benzene rings is 2. The number of rotatable bonds is 2. The number of hydrogen-bond donors (Lipinski definition) is 2. The lowest BCUT2D eigenvalue weighted by Crippen LogP contribution is -1.99. The molecule has 0 bridgehead atoms. The van der Waals surface area contributed by atoms with Crippen molar-refractivity contribution in [3.05, 3.63) is 68.6 Å². The van der Waals surface area contributed by atoms with Crippen LogP contribution in [0, 0.1) is 6.92 Å². The number of hydrogen-bond acceptors (Lipinski definition) is 1. The standard InChI is InChI=1S/C15H12Cl2N2O/c1-8-3-2-4-10(13(8)16)14(17)9-5-6-11-12(7-9)19-15(20)18-11/h2-7,14H,1H3,(H2,18,19,20). The van der Waals surface area contributed by atoms with Crippen LogP contribution in [0.5, 0.6) is 0 Å². The largest absolute Gasteiger partial charge is 0.323 e. The number of alkyl halides is 1. The Morgan fingerprint density at radius 3 is 2.65 bits per heavy atom. The van der Waals surface area contributed by atoms with Crippen molar-refractivity contribution in [3.8, 4) is 0 Å². The molecule has 0 aliphatic rings. The van der Waals surface area contributed by atoms with Crippen LogP contribution < -0.4 is 5.69 Å². The molecule has 3 nitrogen and oxygen atoms in total. The Hall–Kier alpha value is -1.71. The van der Waals surface area contributed by atoms with Gasteiger partial charge in [-0.25, -0.2) is 4.79 Å². The summed E-state index contributed by atoms with van der Waals surface area (Å²) in [4.78, 5) is 16.7. The van der Waals surface area contributed by atoms with E-state index in [0.717, 1.165) is 27.7 Å². The van der Waals surface area contributed by atoms with Gasteiger partial charge >= 0.3 is 5.69 Å². The van der Waals surface area contributed by atoms with Crippen LogP contribution in [0.15, 0.2) is 41.2 Å². The quantitative estimate of drug-likeness (QED) is 0.687. The van der Waals surface area contributed by atoms with E-state index in [1.54, 1.807) is 0 Å². The molecule has 2 N–H and O–H groups in total. The van der Waals surface area contributed by atoms with Gasteiger partial charge in [-0.1, -0.05) is 35.9 Å². The van der Waals surface area contributed by atoms with Gasteiger partial charge < -0.3 is 9.97 Å². The summed E-state index contributed by atoms with van der Waals surface area (Å²) in [5.41, 5.74) is 4.02. The first-order chi connectivity index (χ1) is 9.56. The number of aromatic nitrogens is 2. The maximum Gasteiger partial charge on any atom is 0.323 e. The van der Waals surface area contributed by atoms with Crippen molar-refractivity contribution in [2.24, 2.45) is 0 Å². The first-order valence-electron chi connectivity index (χ1n) is 6.17. The summed E-state index contributed by atoms with van der Waals surface area (Å²) in [6.07, 6.45) is 0. The van der Waals surface area contributed by atoms with Gasteiger partial charge in [0.25, 0.3) is 0 Å². The maximum atomic E-state index is 11.3. The molecular formula is C15H12Cl2N2O. The molecule has 0 aliphatic heterocycles. The molecule has 1 unspecified atom stereocenters. The van der Waals surface area contributed by atoms with E-state index in [-0.39, 0.29) is 11.1 Å². The smallest absolute Gasteiger partial charge is 0.306 e. The number of aromatic amines is 2. The lowest BCUT2D eigenvalue weighted by Gasteiger charge is -2.13. The number of imidazole rings is 1. The Kier molecular flexibility index (Phi) is 3.32. The van der Waals surface area contributed by atoms with Crippen molar-refractivity contribution in [1.82, 2.24) is 9.97 Å². The van der Waals surface area contributed by atoms with E-state index in [4.69, 9.17) is 23.2 Å². The van der Waals surface area contributed by atoms with Crippen LogP contribution in [-0.4, -0.2) is 9.97 Å². The van der Waals surface area contributed by atoms with Gasteiger partial charge in [0.05, 0.1) is 16.4 Å². The molecule has 0 fully saturated rings. The molecule has 0 amide bonds. The summed E-state index contributed by atoms with van der Waals surface area (Å²) >= 11 is 12.8. The van der Waals surface area contributed by atoms with Gasteiger partial charge in [-0.3, -0.25) is 0 Å².